The highest BCUT2D eigenvalue weighted by molar-refractivity contribution is 6.11. The van der Waals surface area contributed by atoms with E-state index in [9.17, 15) is 4.79 Å². The van der Waals surface area contributed by atoms with E-state index in [1.165, 1.54) is 7.11 Å². The lowest BCUT2D eigenvalue weighted by molar-refractivity contribution is 0.175. The minimum atomic E-state index is -0.371. The van der Waals surface area contributed by atoms with Gasteiger partial charge in [0.1, 0.15) is 11.5 Å². The SMILES string of the molecule is COC(=O)N1c2ccc(C(C=NC3CCNCC3)=CN)c(Oc3ccccc3)c2CC[C@@H]1C. The Balaban J connectivity index is 1.77. The van der Waals surface area contributed by atoms with E-state index < -0.39 is 0 Å². The van der Waals surface area contributed by atoms with Crippen molar-refractivity contribution in [3.05, 3.63) is 59.8 Å². The van der Waals surface area contributed by atoms with Gasteiger partial charge in [0.15, 0.2) is 0 Å². The number of benzene rings is 2. The number of hydrogen-bond acceptors (Lipinski definition) is 6. The fraction of sp³-hybridized carbons (Fsp3) is 0.385. The maximum Gasteiger partial charge on any atom is 0.414 e. The Kier molecular flexibility index (Phi) is 7.29. The van der Waals surface area contributed by atoms with Crippen LogP contribution in [-0.2, 0) is 11.2 Å². The standard InChI is InChI=1S/C26H32N4O3/c1-18-8-9-23-24(30(18)26(31)32-2)11-10-22(25(23)33-21-6-4-3-5-7-21)19(16-27)17-29-20-12-14-28-15-13-20/h3-7,10-11,16-18,20,28H,8-9,12-15,27H2,1-2H3/t18-/m0/s1. The fourth-order valence-electron chi connectivity index (χ4n) is 4.48. The van der Waals surface area contributed by atoms with Crippen LogP contribution in [0.2, 0.25) is 0 Å². The average molecular weight is 449 g/mol. The van der Waals surface area contributed by atoms with Crippen molar-refractivity contribution in [2.75, 3.05) is 25.1 Å². The first-order chi connectivity index (χ1) is 16.1. The van der Waals surface area contributed by atoms with Crippen LogP contribution in [0, 0.1) is 0 Å². The van der Waals surface area contributed by atoms with E-state index in [0.717, 1.165) is 66.9 Å². The van der Waals surface area contributed by atoms with Gasteiger partial charge in [-0.05, 0) is 70.0 Å². The van der Waals surface area contributed by atoms with Crippen LogP contribution >= 0.6 is 0 Å². The van der Waals surface area contributed by atoms with Crippen molar-refractivity contribution < 1.29 is 14.3 Å². The predicted molar refractivity (Wildman–Crippen MR) is 132 cm³/mol. The van der Waals surface area contributed by atoms with Crippen LogP contribution in [0.1, 0.15) is 37.3 Å². The molecule has 0 spiro atoms. The number of methoxy groups -OCH3 is 1. The molecular weight excluding hydrogens is 416 g/mol. The number of allylic oxidation sites excluding steroid dienone is 1. The number of fused-ring (bicyclic) bond motifs is 1. The summed E-state index contributed by atoms with van der Waals surface area (Å²) < 4.78 is 11.5. The summed E-state index contributed by atoms with van der Waals surface area (Å²) in [6.07, 6.45) is 6.68. The van der Waals surface area contributed by atoms with Gasteiger partial charge in [0.2, 0.25) is 0 Å². The lowest BCUT2D eigenvalue weighted by Gasteiger charge is -2.35. The number of carbonyl (C=O) groups excluding carboxylic acids is 1. The molecule has 1 amide bonds. The van der Waals surface area contributed by atoms with Crippen molar-refractivity contribution in [1.82, 2.24) is 5.32 Å². The normalized spacial score (nSPS) is 19.4. The molecule has 1 fully saturated rings. The van der Waals surface area contributed by atoms with E-state index in [1.807, 2.05) is 55.6 Å². The van der Waals surface area contributed by atoms with E-state index >= 15 is 0 Å². The molecule has 0 aromatic heterocycles. The van der Waals surface area contributed by atoms with Crippen molar-refractivity contribution in [2.45, 2.75) is 44.7 Å². The van der Waals surface area contributed by atoms with Gasteiger partial charge in [0.25, 0.3) is 0 Å². The Labute approximate surface area is 195 Å². The first kappa shape index (κ1) is 22.9. The zero-order valence-electron chi connectivity index (χ0n) is 19.3. The number of piperidine rings is 1. The van der Waals surface area contributed by atoms with Crippen molar-refractivity contribution in [3.63, 3.8) is 0 Å². The minimum Gasteiger partial charge on any atom is -0.456 e. The van der Waals surface area contributed by atoms with E-state index in [1.54, 1.807) is 11.1 Å². The van der Waals surface area contributed by atoms with Gasteiger partial charge in [0, 0.05) is 35.2 Å². The van der Waals surface area contributed by atoms with Crippen molar-refractivity contribution in [1.29, 1.82) is 0 Å². The second-order valence-corrected chi connectivity index (χ2v) is 8.46. The summed E-state index contributed by atoms with van der Waals surface area (Å²) in [5, 5.41) is 3.36. The third kappa shape index (κ3) is 5.03. The van der Waals surface area contributed by atoms with Crippen LogP contribution in [0.15, 0.2) is 53.7 Å². The number of nitrogens with one attached hydrogen (secondary N) is 1. The second kappa shape index (κ2) is 10.5. The predicted octanol–water partition coefficient (Wildman–Crippen LogP) is 4.51. The molecule has 7 nitrogen and oxygen atoms in total. The largest absolute Gasteiger partial charge is 0.456 e. The Morgan fingerprint density at radius 2 is 1.91 bits per heavy atom. The second-order valence-electron chi connectivity index (χ2n) is 8.46. The minimum absolute atomic E-state index is 0.0337. The van der Waals surface area contributed by atoms with E-state index in [0.29, 0.717) is 5.75 Å². The van der Waals surface area contributed by atoms with E-state index in [4.69, 9.17) is 20.2 Å². The molecule has 0 radical (unpaired) electrons. The van der Waals surface area contributed by atoms with Gasteiger partial charge >= 0.3 is 6.09 Å². The molecule has 1 saturated heterocycles. The number of nitrogens with two attached hydrogens (primary N) is 1. The summed E-state index contributed by atoms with van der Waals surface area (Å²) in [6.45, 7) is 3.99. The maximum absolute atomic E-state index is 12.6. The topological polar surface area (TPSA) is 89.2 Å². The highest BCUT2D eigenvalue weighted by atomic mass is 16.5. The Morgan fingerprint density at radius 3 is 2.61 bits per heavy atom. The molecule has 7 heteroatoms. The molecule has 2 aliphatic heterocycles. The van der Waals surface area contributed by atoms with Crippen LogP contribution in [-0.4, -0.2) is 44.6 Å². The number of rotatable bonds is 5. The zero-order valence-corrected chi connectivity index (χ0v) is 19.3. The van der Waals surface area contributed by atoms with Gasteiger partial charge in [-0.3, -0.25) is 9.89 Å². The molecule has 0 aliphatic carbocycles. The smallest absolute Gasteiger partial charge is 0.414 e. The summed E-state index contributed by atoms with van der Waals surface area (Å²) in [5.41, 5.74) is 9.50. The molecule has 0 saturated carbocycles. The Hall–Kier alpha value is -3.32. The number of para-hydroxylation sites is 1. The van der Waals surface area contributed by atoms with Crippen LogP contribution in [0.5, 0.6) is 11.5 Å². The number of carbonyl (C=O) groups is 1. The van der Waals surface area contributed by atoms with E-state index in [-0.39, 0.29) is 18.2 Å². The number of hydrogen-bond donors (Lipinski definition) is 2. The van der Waals surface area contributed by atoms with Gasteiger partial charge in [-0.1, -0.05) is 18.2 Å². The summed E-state index contributed by atoms with van der Waals surface area (Å²) in [4.78, 5) is 19.1. The lowest BCUT2D eigenvalue weighted by Crippen LogP contribution is -2.42. The number of anilines is 1. The molecule has 2 aromatic carbocycles. The summed E-state index contributed by atoms with van der Waals surface area (Å²) in [6, 6.07) is 13.9. The highest BCUT2D eigenvalue weighted by Gasteiger charge is 2.32. The highest BCUT2D eigenvalue weighted by Crippen LogP contribution is 2.43. The average Bonchev–Trinajstić information content (AvgIpc) is 2.86. The number of aliphatic imine (C=N–C) groups is 1. The molecule has 4 rings (SSSR count). The van der Waals surface area contributed by atoms with Crippen LogP contribution in [0.4, 0.5) is 10.5 Å². The molecule has 2 aromatic rings. The number of nitrogens with zero attached hydrogens (tertiary/aromatic N) is 2. The monoisotopic (exact) mass is 448 g/mol. The molecule has 2 aliphatic rings. The van der Waals surface area contributed by atoms with Gasteiger partial charge in [-0.15, -0.1) is 0 Å². The summed E-state index contributed by atoms with van der Waals surface area (Å²) >= 11 is 0. The van der Waals surface area contributed by atoms with Crippen LogP contribution in [0.25, 0.3) is 5.57 Å². The van der Waals surface area contributed by atoms with Crippen LogP contribution < -0.4 is 20.7 Å². The van der Waals surface area contributed by atoms with Gasteiger partial charge in [-0.25, -0.2) is 4.79 Å². The molecular formula is C26H32N4O3. The van der Waals surface area contributed by atoms with E-state index in [2.05, 4.69) is 5.32 Å². The molecule has 33 heavy (non-hydrogen) atoms. The van der Waals surface area contributed by atoms with Crippen molar-refractivity contribution in [2.24, 2.45) is 10.7 Å². The first-order valence-electron chi connectivity index (χ1n) is 11.5. The van der Waals surface area contributed by atoms with Crippen LogP contribution in [0.3, 0.4) is 0 Å². The third-order valence-corrected chi connectivity index (χ3v) is 6.31. The Bertz CT molecular complexity index is 1030. The molecule has 174 valence electrons. The molecule has 0 unspecified atom stereocenters. The van der Waals surface area contributed by atoms with Gasteiger partial charge < -0.3 is 20.5 Å². The van der Waals surface area contributed by atoms with Gasteiger partial charge in [-0.2, -0.15) is 0 Å². The maximum atomic E-state index is 12.6. The summed E-state index contributed by atoms with van der Waals surface area (Å²) in [7, 11) is 1.41. The quantitative estimate of drug-likeness (QED) is 0.657. The van der Waals surface area contributed by atoms with Gasteiger partial charge in [0.05, 0.1) is 18.8 Å². The molecule has 3 N–H and O–H groups in total. The first-order valence-corrected chi connectivity index (χ1v) is 11.5. The fourth-order valence-corrected chi connectivity index (χ4v) is 4.48. The molecule has 2 heterocycles. The number of ether oxygens (including phenoxy) is 2. The number of amides is 1. The molecule has 0 bridgehead atoms. The Morgan fingerprint density at radius 1 is 1.15 bits per heavy atom. The zero-order chi connectivity index (χ0) is 23.2. The van der Waals surface area contributed by atoms with Crippen molar-refractivity contribution >= 4 is 23.6 Å². The molecule has 1 atom stereocenters. The third-order valence-electron chi connectivity index (χ3n) is 6.31. The summed E-state index contributed by atoms with van der Waals surface area (Å²) in [5.74, 6) is 1.43. The van der Waals surface area contributed by atoms with Crippen molar-refractivity contribution in [3.8, 4) is 11.5 Å². The lowest BCUT2D eigenvalue weighted by atomic mass is 9.92.